The Morgan fingerprint density at radius 3 is 2.42 bits per heavy atom. The molecule has 0 radical (unpaired) electrons. The van der Waals surface area contributed by atoms with E-state index in [1.165, 1.54) is 37.7 Å². The van der Waals surface area contributed by atoms with Crippen molar-refractivity contribution in [2.45, 2.75) is 44.9 Å². The van der Waals surface area contributed by atoms with Gasteiger partial charge in [-0.25, -0.2) is 9.79 Å². The van der Waals surface area contributed by atoms with E-state index in [0.29, 0.717) is 28.9 Å². The van der Waals surface area contributed by atoms with E-state index >= 15 is 0 Å². The van der Waals surface area contributed by atoms with Crippen molar-refractivity contribution in [1.82, 2.24) is 0 Å². The van der Waals surface area contributed by atoms with Crippen LogP contribution in [0, 0.1) is 5.92 Å². The summed E-state index contributed by atoms with van der Waals surface area (Å²) in [7, 11) is 3.14. The summed E-state index contributed by atoms with van der Waals surface area (Å²) in [4.78, 5) is 16.9. The number of cyclic esters (lactones) is 1. The van der Waals surface area contributed by atoms with E-state index in [9.17, 15) is 4.79 Å². The monoisotopic (exact) mass is 419 g/mol. The molecule has 0 unspecified atom stereocenters. The number of hydrogen-bond donors (Lipinski definition) is 0. The van der Waals surface area contributed by atoms with Gasteiger partial charge in [-0.2, -0.15) is 0 Å². The molecule has 2 aliphatic rings. The number of para-hydroxylation sites is 1. The SMILES string of the molecule is CCC1CCC(c2ccc(C3=N/C(=C/c4cccc(OC)c4OC)C(=O)O3)cc2)CC1. The van der Waals surface area contributed by atoms with E-state index in [1.807, 2.05) is 24.3 Å². The number of carbonyl (C=O) groups excluding carboxylic acids is 1. The summed E-state index contributed by atoms with van der Waals surface area (Å²) < 4.78 is 16.2. The predicted octanol–water partition coefficient (Wildman–Crippen LogP) is 5.73. The molecule has 1 aliphatic heterocycles. The molecule has 31 heavy (non-hydrogen) atoms. The van der Waals surface area contributed by atoms with Crippen LogP contribution in [0.25, 0.3) is 6.08 Å². The van der Waals surface area contributed by atoms with Gasteiger partial charge in [-0.3, -0.25) is 0 Å². The highest BCUT2D eigenvalue weighted by molar-refractivity contribution is 6.13. The van der Waals surface area contributed by atoms with E-state index < -0.39 is 5.97 Å². The van der Waals surface area contributed by atoms with E-state index in [0.717, 1.165) is 11.5 Å². The zero-order valence-electron chi connectivity index (χ0n) is 18.4. The lowest BCUT2D eigenvalue weighted by Gasteiger charge is -2.28. The van der Waals surface area contributed by atoms with Crippen LogP contribution < -0.4 is 9.47 Å². The van der Waals surface area contributed by atoms with Gasteiger partial charge in [0.1, 0.15) is 0 Å². The van der Waals surface area contributed by atoms with E-state index in [2.05, 4.69) is 24.0 Å². The van der Waals surface area contributed by atoms with Gasteiger partial charge < -0.3 is 14.2 Å². The first-order valence-electron chi connectivity index (χ1n) is 11.0. The van der Waals surface area contributed by atoms with Crippen LogP contribution in [0.2, 0.25) is 0 Å². The minimum atomic E-state index is -0.471. The lowest BCUT2D eigenvalue weighted by Crippen LogP contribution is -2.13. The Labute approximate surface area is 183 Å². The molecule has 0 amide bonds. The third-order valence-corrected chi connectivity index (χ3v) is 6.40. The minimum Gasteiger partial charge on any atom is -0.493 e. The molecule has 0 spiro atoms. The van der Waals surface area contributed by atoms with Crippen molar-refractivity contribution < 1.29 is 19.0 Å². The average molecular weight is 420 g/mol. The molecule has 1 saturated carbocycles. The summed E-state index contributed by atoms with van der Waals surface area (Å²) in [5, 5.41) is 0. The number of nitrogens with zero attached hydrogens (tertiary/aromatic N) is 1. The van der Waals surface area contributed by atoms with Gasteiger partial charge in [0.05, 0.1) is 14.2 Å². The van der Waals surface area contributed by atoms with Crippen molar-refractivity contribution in [3.05, 3.63) is 64.9 Å². The molecule has 4 rings (SSSR count). The molecule has 5 heteroatoms. The van der Waals surface area contributed by atoms with E-state index in [-0.39, 0.29) is 5.70 Å². The zero-order valence-corrected chi connectivity index (χ0v) is 18.4. The number of ether oxygens (including phenoxy) is 3. The van der Waals surface area contributed by atoms with Crippen LogP contribution in [-0.4, -0.2) is 26.1 Å². The van der Waals surface area contributed by atoms with Crippen LogP contribution in [0.1, 0.15) is 61.6 Å². The summed E-state index contributed by atoms with van der Waals surface area (Å²) >= 11 is 0. The summed E-state index contributed by atoms with van der Waals surface area (Å²) in [6.07, 6.45) is 8.09. The molecule has 2 aromatic carbocycles. The van der Waals surface area contributed by atoms with Gasteiger partial charge in [-0.15, -0.1) is 0 Å². The van der Waals surface area contributed by atoms with Crippen LogP contribution in [0.4, 0.5) is 0 Å². The first-order chi connectivity index (χ1) is 15.1. The molecule has 162 valence electrons. The maximum absolute atomic E-state index is 12.4. The first-order valence-corrected chi connectivity index (χ1v) is 11.0. The summed E-state index contributed by atoms with van der Waals surface area (Å²) in [5.74, 6) is 2.52. The molecule has 0 N–H and O–H groups in total. The number of benzene rings is 2. The number of hydrogen-bond acceptors (Lipinski definition) is 5. The Morgan fingerprint density at radius 1 is 1.03 bits per heavy atom. The average Bonchev–Trinajstić information content (AvgIpc) is 3.19. The van der Waals surface area contributed by atoms with Crippen molar-refractivity contribution in [2.24, 2.45) is 10.9 Å². The Hall–Kier alpha value is -3.08. The molecule has 0 saturated heterocycles. The summed E-state index contributed by atoms with van der Waals surface area (Å²) in [6.45, 7) is 2.29. The van der Waals surface area contributed by atoms with E-state index in [4.69, 9.17) is 14.2 Å². The Morgan fingerprint density at radius 2 is 1.77 bits per heavy atom. The molecule has 1 aliphatic carbocycles. The Balaban J connectivity index is 1.53. The van der Waals surface area contributed by atoms with Crippen molar-refractivity contribution >= 4 is 17.9 Å². The van der Waals surface area contributed by atoms with Crippen molar-refractivity contribution in [3.63, 3.8) is 0 Å². The molecule has 0 atom stereocenters. The lowest BCUT2D eigenvalue weighted by atomic mass is 9.78. The normalized spacial score (nSPS) is 22.2. The number of esters is 1. The highest BCUT2D eigenvalue weighted by Crippen LogP contribution is 2.37. The number of aliphatic imine (C=N–C) groups is 1. The lowest BCUT2D eigenvalue weighted by molar-refractivity contribution is -0.129. The van der Waals surface area contributed by atoms with Gasteiger partial charge in [0, 0.05) is 11.1 Å². The minimum absolute atomic E-state index is 0.239. The molecular formula is C26H29NO4. The van der Waals surface area contributed by atoms with Crippen LogP contribution in [0.5, 0.6) is 11.5 Å². The third kappa shape index (κ3) is 4.50. The highest BCUT2D eigenvalue weighted by atomic mass is 16.6. The smallest absolute Gasteiger partial charge is 0.363 e. The van der Waals surface area contributed by atoms with Gasteiger partial charge in [0.15, 0.2) is 17.2 Å². The Kier molecular flexibility index (Phi) is 6.40. The largest absolute Gasteiger partial charge is 0.493 e. The second kappa shape index (κ2) is 9.38. The van der Waals surface area contributed by atoms with Gasteiger partial charge in [0.2, 0.25) is 5.90 Å². The molecule has 5 nitrogen and oxygen atoms in total. The fourth-order valence-electron chi connectivity index (χ4n) is 4.51. The molecule has 2 aromatic rings. The van der Waals surface area contributed by atoms with Crippen LogP contribution in [0.3, 0.4) is 0 Å². The summed E-state index contributed by atoms with van der Waals surface area (Å²) in [5.41, 5.74) is 3.11. The topological polar surface area (TPSA) is 57.1 Å². The molecule has 0 bridgehead atoms. The third-order valence-electron chi connectivity index (χ3n) is 6.40. The van der Waals surface area contributed by atoms with Crippen LogP contribution in [-0.2, 0) is 9.53 Å². The van der Waals surface area contributed by atoms with Gasteiger partial charge in [-0.05, 0) is 67.4 Å². The van der Waals surface area contributed by atoms with Crippen LogP contribution >= 0.6 is 0 Å². The van der Waals surface area contributed by atoms with E-state index in [1.54, 1.807) is 26.4 Å². The summed E-state index contributed by atoms with van der Waals surface area (Å²) in [6, 6.07) is 13.8. The fraction of sp³-hybridized carbons (Fsp3) is 0.385. The van der Waals surface area contributed by atoms with Gasteiger partial charge in [0.25, 0.3) is 0 Å². The van der Waals surface area contributed by atoms with Crippen molar-refractivity contribution in [1.29, 1.82) is 0 Å². The first kappa shape index (κ1) is 21.2. The highest BCUT2D eigenvalue weighted by Gasteiger charge is 2.26. The number of rotatable bonds is 6. The molecule has 1 heterocycles. The van der Waals surface area contributed by atoms with Crippen molar-refractivity contribution in [3.8, 4) is 11.5 Å². The molecule has 1 fully saturated rings. The Bertz CT molecular complexity index is 999. The van der Waals surface area contributed by atoms with Gasteiger partial charge >= 0.3 is 5.97 Å². The second-order valence-electron chi connectivity index (χ2n) is 8.17. The van der Waals surface area contributed by atoms with Gasteiger partial charge in [-0.1, -0.05) is 37.6 Å². The predicted molar refractivity (Wildman–Crippen MR) is 122 cm³/mol. The quantitative estimate of drug-likeness (QED) is 0.443. The van der Waals surface area contributed by atoms with Crippen LogP contribution in [0.15, 0.2) is 53.2 Å². The number of methoxy groups -OCH3 is 2. The maximum atomic E-state index is 12.4. The molecule has 0 aromatic heterocycles. The fourth-order valence-corrected chi connectivity index (χ4v) is 4.51. The number of carbonyl (C=O) groups is 1. The second-order valence-corrected chi connectivity index (χ2v) is 8.17. The molecular weight excluding hydrogens is 390 g/mol. The maximum Gasteiger partial charge on any atom is 0.363 e. The van der Waals surface area contributed by atoms with Crippen molar-refractivity contribution in [2.75, 3.05) is 14.2 Å². The standard InChI is InChI=1S/C26H29NO4/c1-4-17-8-10-18(11-9-17)19-12-14-20(15-13-19)25-27-22(26(28)31-25)16-21-6-5-7-23(29-2)24(21)30-3/h5-7,12-18H,4,8-11H2,1-3H3/b22-16+. The zero-order chi connectivity index (χ0) is 21.8.